The highest BCUT2D eigenvalue weighted by Crippen LogP contribution is 2.21. The molecule has 3 heteroatoms. The van der Waals surface area contributed by atoms with E-state index in [1.54, 1.807) is 0 Å². The number of nitrogens with one attached hydrogen (secondary N) is 1. The Bertz CT molecular complexity index is 196. The van der Waals surface area contributed by atoms with Crippen molar-refractivity contribution in [3.63, 3.8) is 0 Å². The molecule has 0 radical (unpaired) electrons. The van der Waals surface area contributed by atoms with Gasteiger partial charge in [-0.1, -0.05) is 6.92 Å². The van der Waals surface area contributed by atoms with Gasteiger partial charge in [0.25, 0.3) is 0 Å². The van der Waals surface area contributed by atoms with Crippen molar-refractivity contribution in [2.45, 2.75) is 38.6 Å². The van der Waals surface area contributed by atoms with E-state index in [-0.39, 0.29) is 0 Å². The number of hydrogen-bond acceptors (Lipinski definition) is 3. The summed E-state index contributed by atoms with van der Waals surface area (Å²) in [6.07, 6.45) is 5.54. The summed E-state index contributed by atoms with van der Waals surface area (Å²) in [5.41, 5.74) is 0. The second kappa shape index (κ2) is 6.58. The van der Waals surface area contributed by atoms with Crippen LogP contribution in [0, 0.1) is 0 Å². The first-order chi connectivity index (χ1) is 7.90. The largest absolute Gasteiger partial charge is 0.317 e. The minimum Gasteiger partial charge on any atom is -0.317 e. The summed E-state index contributed by atoms with van der Waals surface area (Å²) in [6, 6.07) is 0.877. The lowest BCUT2D eigenvalue weighted by Crippen LogP contribution is -2.37. The maximum atomic E-state index is 3.41. The Morgan fingerprint density at radius 1 is 1.19 bits per heavy atom. The van der Waals surface area contributed by atoms with Crippen molar-refractivity contribution in [1.82, 2.24) is 15.1 Å². The highest BCUT2D eigenvalue weighted by atomic mass is 15.3. The summed E-state index contributed by atoms with van der Waals surface area (Å²) in [4.78, 5) is 5.40. The van der Waals surface area contributed by atoms with Crippen LogP contribution in [0.2, 0.25) is 0 Å². The first-order valence-corrected chi connectivity index (χ1v) is 7.07. The number of hydrogen-bond donors (Lipinski definition) is 1. The van der Waals surface area contributed by atoms with E-state index in [1.165, 1.54) is 65.0 Å². The van der Waals surface area contributed by atoms with Crippen LogP contribution in [0.4, 0.5) is 0 Å². The topological polar surface area (TPSA) is 18.5 Å². The van der Waals surface area contributed by atoms with Crippen molar-refractivity contribution in [2.24, 2.45) is 0 Å². The van der Waals surface area contributed by atoms with E-state index in [2.05, 4.69) is 22.0 Å². The van der Waals surface area contributed by atoms with Crippen molar-refractivity contribution in [3.05, 3.63) is 0 Å². The third-order valence-electron chi connectivity index (χ3n) is 3.97. The summed E-state index contributed by atoms with van der Waals surface area (Å²) in [6.45, 7) is 11.1. The number of fused-ring (bicyclic) bond motifs is 1. The van der Waals surface area contributed by atoms with Gasteiger partial charge in [-0.15, -0.1) is 0 Å². The Hall–Kier alpha value is -0.120. The molecule has 2 aliphatic heterocycles. The fraction of sp³-hybridized carbons (Fsp3) is 1.00. The van der Waals surface area contributed by atoms with Gasteiger partial charge in [0.15, 0.2) is 0 Å². The zero-order chi connectivity index (χ0) is 11.2. The monoisotopic (exact) mass is 225 g/mol. The van der Waals surface area contributed by atoms with E-state index in [1.807, 2.05) is 0 Å². The summed E-state index contributed by atoms with van der Waals surface area (Å²) in [5.74, 6) is 0. The molecule has 0 aromatic carbocycles. The lowest BCUT2D eigenvalue weighted by atomic mass is 10.2. The number of rotatable bonds is 5. The molecule has 0 bridgehead atoms. The predicted molar refractivity (Wildman–Crippen MR) is 68.8 cm³/mol. The minimum atomic E-state index is 0.877. The van der Waals surface area contributed by atoms with E-state index in [9.17, 15) is 0 Å². The Morgan fingerprint density at radius 2 is 2.06 bits per heavy atom. The van der Waals surface area contributed by atoms with E-state index in [0.717, 1.165) is 12.6 Å². The van der Waals surface area contributed by atoms with Gasteiger partial charge in [-0.25, -0.2) is 0 Å². The lowest BCUT2D eigenvalue weighted by Gasteiger charge is -2.25. The van der Waals surface area contributed by atoms with Crippen LogP contribution >= 0.6 is 0 Å². The molecule has 1 atom stereocenters. The molecule has 0 aromatic heterocycles. The quantitative estimate of drug-likeness (QED) is 0.708. The van der Waals surface area contributed by atoms with Gasteiger partial charge >= 0.3 is 0 Å². The average Bonchev–Trinajstić information content (AvgIpc) is 2.63. The molecule has 0 amide bonds. The molecular formula is C13H27N3. The van der Waals surface area contributed by atoms with Crippen LogP contribution in [0.3, 0.4) is 0 Å². The van der Waals surface area contributed by atoms with E-state index >= 15 is 0 Å². The van der Waals surface area contributed by atoms with E-state index < -0.39 is 0 Å². The van der Waals surface area contributed by atoms with Gasteiger partial charge in [-0.05, 0) is 65.0 Å². The molecule has 1 unspecified atom stereocenters. The molecule has 2 heterocycles. The first kappa shape index (κ1) is 12.3. The van der Waals surface area contributed by atoms with Gasteiger partial charge in [-0.2, -0.15) is 0 Å². The van der Waals surface area contributed by atoms with E-state index in [4.69, 9.17) is 0 Å². The van der Waals surface area contributed by atoms with Gasteiger partial charge in [0.1, 0.15) is 0 Å². The smallest absolute Gasteiger partial charge is 0.0223 e. The third kappa shape index (κ3) is 3.44. The minimum absolute atomic E-state index is 0.877. The van der Waals surface area contributed by atoms with E-state index in [0.29, 0.717) is 0 Å². The lowest BCUT2D eigenvalue weighted by molar-refractivity contribution is 0.218. The van der Waals surface area contributed by atoms with Crippen molar-refractivity contribution in [2.75, 3.05) is 45.8 Å². The zero-order valence-corrected chi connectivity index (χ0v) is 10.7. The zero-order valence-electron chi connectivity index (χ0n) is 10.7. The molecule has 0 spiro atoms. The molecule has 2 aliphatic rings. The van der Waals surface area contributed by atoms with Gasteiger partial charge in [0.05, 0.1) is 0 Å². The van der Waals surface area contributed by atoms with Crippen LogP contribution < -0.4 is 5.32 Å². The van der Waals surface area contributed by atoms with Crippen LogP contribution in [0.5, 0.6) is 0 Å². The van der Waals surface area contributed by atoms with Crippen LogP contribution in [-0.4, -0.2) is 61.7 Å². The average molecular weight is 225 g/mol. The van der Waals surface area contributed by atoms with Gasteiger partial charge < -0.3 is 10.2 Å². The van der Waals surface area contributed by atoms with Crippen LogP contribution in [0.1, 0.15) is 32.6 Å². The fourth-order valence-corrected chi connectivity index (χ4v) is 3.09. The number of nitrogens with zero attached hydrogens (tertiary/aromatic N) is 2. The van der Waals surface area contributed by atoms with Gasteiger partial charge in [0.2, 0.25) is 0 Å². The Morgan fingerprint density at radius 3 is 2.94 bits per heavy atom. The molecule has 2 rings (SSSR count). The van der Waals surface area contributed by atoms with Crippen molar-refractivity contribution >= 4 is 0 Å². The highest BCUT2D eigenvalue weighted by molar-refractivity contribution is 4.84. The molecule has 0 saturated carbocycles. The maximum Gasteiger partial charge on any atom is 0.0223 e. The van der Waals surface area contributed by atoms with Crippen LogP contribution in [-0.2, 0) is 0 Å². The summed E-state index contributed by atoms with van der Waals surface area (Å²) in [7, 11) is 0. The molecule has 2 saturated heterocycles. The van der Waals surface area contributed by atoms with Crippen molar-refractivity contribution in [1.29, 1.82) is 0 Å². The Labute approximate surface area is 100 Å². The molecule has 94 valence electrons. The van der Waals surface area contributed by atoms with Gasteiger partial charge in [0, 0.05) is 12.6 Å². The van der Waals surface area contributed by atoms with Crippen LogP contribution in [0.15, 0.2) is 0 Å². The summed E-state index contributed by atoms with van der Waals surface area (Å²) < 4.78 is 0. The first-order valence-electron chi connectivity index (χ1n) is 7.07. The SMILES string of the molecule is CCNCCCN1CCCN2CCCC2C1. The third-order valence-corrected chi connectivity index (χ3v) is 3.97. The van der Waals surface area contributed by atoms with Crippen LogP contribution in [0.25, 0.3) is 0 Å². The fourth-order valence-electron chi connectivity index (χ4n) is 3.09. The molecule has 0 aliphatic carbocycles. The molecule has 0 aromatic rings. The second-order valence-corrected chi connectivity index (χ2v) is 5.19. The molecule has 16 heavy (non-hydrogen) atoms. The molecule has 1 N–H and O–H groups in total. The summed E-state index contributed by atoms with van der Waals surface area (Å²) in [5, 5.41) is 3.41. The molecule has 3 nitrogen and oxygen atoms in total. The Balaban J connectivity index is 1.69. The molecular weight excluding hydrogens is 198 g/mol. The van der Waals surface area contributed by atoms with Gasteiger partial charge in [-0.3, -0.25) is 4.90 Å². The summed E-state index contributed by atoms with van der Waals surface area (Å²) >= 11 is 0. The molecule has 2 fully saturated rings. The van der Waals surface area contributed by atoms with Crippen molar-refractivity contribution in [3.8, 4) is 0 Å². The highest BCUT2D eigenvalue weighted by Gasteiger charge is 2.28. The maximum absolute atomic E-state index is 3.41. The Kier molecular flexibility index (Phi) is 5.07. The van der Waals surface area contributed by atoms with Crippen molar-refractivity contribution < 1.29 is 0 Å². The predicted octanol–water partition coefficient (Wildman–Crippen LogP) is 1.16. The standard InChI is InChI=1S/C13H27N3/c1-2-14-7-4-8-15-9-5-11-16-10-3-6-13(16)12-15/h13-14H,2-12H2,1H3. The second-order valence-electron chi connectivity index (χ2n) is 5.19. The normalized spacial score (nSPS) is 27.9.